The van der Waals surface area contributed by atoms with E-state index in [2.05, 4.69) is 15.3 Å². The highest BCUT2D eigenvalue weighted by Gasteiger charge is 1.98. The van der Waals surface area contributed by atoms with E-state index in [4.69, 9.17) is 9.47 Å². The Kier molecular flexibility index (Phi) is 4.35. The molecule has 0 bridgehead atoms. The first kappa shape index (κ1) is 12.2. The molecule has 0 aliphatic heterocycles. The van der Waals surface area contributed by atoms with Gasteiger partial charge in [0.1, 0.15) is 24.8 Å². The molecule has 1 aromatic heterocycles. The Hall–Kier alpha value is -2.30. The van der Waals surface area contributed by atoms with Crippen molar-refractivity contribution in [3.05, 3.63) is 42.7 Å². The number of nitrogens with one attached hydrogen (secondary N) is 1. The Morgan fingerprint density at radius 3 is 2.61 bits per heavy atom. The molecule has 0 saturated heterocycles. The summed E-state index contributed by atoms with van der Waals surface area (Å²) in [5.41, 5.74) is 0. The minimum absolute atomic E-state index is 0.427. The minimum atomic E-state index is 0.427. The molecule has 2 aromatic rings. The summed E-state index contributed by atoms with van der Waals surface area (Å²) in [4.78, 5) is 8.19. The molecule has 0 radical (unpaired) electrons. The summed E-state index contributed by atoms with van der Waals surface area (Å²) >= 11 is 0. The Morgan fingerprint density at radius 2 is 1.83 bits per heavy atom. The van der Waals surface area contributed by atoms with Crippen molar-refractivity contribution in [2.75, 3.05) is 25.6 Å². The van der Waals surface area contributed by atoms with Gasteiger partial charge in [0.25, 0.3) is 0 Å². The van der Waals surface area contributed by atoms with Gasteiger partial charge in [0.15, 0.2) is 0 Å². The molecule has 0 fully saturated rings. The van der Waals surface area contributed by atoms with Gasteiger partial charge in [-0.2, -0.15) is 4.98 Å². The monoisotopic (exact) mass is 245 g/mol. The second-order valence-electron chi connectivity index (χ2n) is 3.50. The Labute approximate surface area is 106 Å². The maximum Gasteiger partial charge on any atom is 0.234 e. The van der Waals surface area contributed by atoms with Gasteiger partial charge in [-0.25, -0.2) is 0 Å². The summed E-state index contributed by atoms with van der Waals surface area (Å²) in [6, 6.07) is 9.61. The molecule has 94 valence electrons. The number of hydrogen-bond acceptors (Lipinski definition) is 5. The van der Waals surface area contributed by atoms with E-state index in [9.17, 15) is 0 Å². The Balaban J connectivity index is 1.75. The lowest BCUT2D eigenvalue weighted by atomic mass is 10.3. The molecule has 18 heavy (non-hydrogen) atoms. The zero-order chi connectivity index (χ0) is 12.6. The Morgan fingerprint density at radius 1 is 1.06 bits per heavy atom. The third-order valence-electron chi connectivity index (χ3n) is 2.21. The lowest BCUT2D eigenvalue weighted by Gasteiger charge is -2.08. The van der Waals surface area contributed by atoms with E-state index >= 15 is 0 Å². The molecule has 1 aromatic carbocycles. The zero-order valence-electron chi connectivity index (χ0n) is 10.2. The highest BCUT2D eigenvalue weighted by Crippen LogP contribution is 2.09. The van der Waals surface area contributed by atoms with Gasteiger partial charge in [0.05, 0.1) is 12.4 Å². The number of anilines is 1. The van der Waals surface area contributed by atoms with Crippen LogP contribution in [0.1, 0.15) is 0 Å². The second-order valence-corrected chi connectivity index (χ2v) is 3.50. The highest BCUT2D eigenvalue weighted by atomic mass is 16.5. The van der Waals surface area contributed by atoms with Crippen LogP contribution in [0.15, 0.2) is 42.7 Å². The van der Waals surface area contributed by atoms with Crippen LogP contribution in [0.5, 0.6) is 11.6 Å². The second kappa shape index (κ2) is 6.44. The molecule has 0 saturated carbocycles. The normalized spacial score (nSPS) is 9.83. The average molecular weight is 245 g/mol. The molecular formula is C13H15N3O2. The minimum Gasteiger partial charge on any atom is -0.490 e. The number of ether oxygens (including phenoxy) is 2. The summed E-state index contributed by atoms with van der Waals surface area (Å²) in [6.45, 7) is 0.895. The van der Waals surface area contributed by atoms with Crippen LogP contribution >= 0.6 is 0 Å². The van der Waals surface area contributed by atoms with E-state index < -0.39 is 0 Å². The van der Waals surface area contributed by atoms with Gasteiger partial charge in [-0.1, -0.05) is 18.2 Å². The molecular weight excluding hydrogens is 230 g/mol. The van der Waals surface area contributed by atoms with Crippen molar-refractivity contribution in [1.29, 1.82) is 0 Å². The zero-order valence-corrected chi connectivity index (χ0v) is 10.2. The van der Waals surface area contributed by atoms with Gasteiger partial charge in [-0.05, 0) is 12.1 Å². The fourth-order valence-corrected chi connectivity index (χ4v) is 1.36. The van der Waals surface area contributed by atoms with Crippen LogP contribution in [0.4, 0.5) is 5.82 Å². The van der Waals surface area contributed by atoms with Crippen molar-refractivity contribution in [2.45, 2.75) is 0 Å². The van der Waals surface area contributed by atoms with Gasteiger partial charge in [0.2, 0.25) is 5.88 Å². The van der Waals surface area contributed by atoms with Crippen LogP contribution in [-0.4, -0.2) is 30.2 Å². The molecule has 0 aliphatic carbocycles. The van der Waals surface area contributed by atoms with Gasteiger partial charge in [0, 0.05) is 7.05 Å². The third kappa shape index (κ3) is 3.62. The SMILES string of the molecule is CNc1cncc(OCCOc2ccccc2)n1. The molecule has 5 heteroatoms. The summed E-state index contributed by atoms with van der Waals surface area (Å²) in [5.74, 6) is 1.99. The van der Waals surface area contributed by atoms with Gasteiger partial charge in [-0.3, -0.25) is 4.98 Å². The van der Waals surface area contributed by atoms with Crippen LogP contribution < -0.4 is 14.8 Å². The third-order valence-corrected chi connectivity index (χ3v) is 2.21. The highest BCUT2D eigenvalue weighted by molar-refractivity contribution is 5.31. The van der Waals surface area contributed by atoms with Crippen molar-refractivity contribution < 1.29 is 9.47 Å². The fourth-order valence-electron chi connectivity index (χ4n) is 1.36. The Bertz CT molecular complexity index is 477. The van der Waals surface area contributed by atoms with Crippen molar-refractivity contribution in [3.63, 3.8) is 0 Å². The number of benzene rings is 1. The molecule has 2 rings (SSSR count). The number of nitrogens with zero attached hydrogens (tertiary/aromatic N) is 2. The molecule has 0 unspecified atom stereocenters. The quantitative estimate of drug-likeness (QED) is 0.788. The maximum atomic E-state index is 5.50. The van der Waals surface area contributed by atoms with Crippen LogP contribution in [0.25, 0.3) is 0 Å². The molecule has 0 amide bonds. The topological polar surface area (TPSA) is 56.3 Å². The van der Waals surface area contributed by atoms with Crippen molar-refractivity contribution in [1.82, 2.24) is 9.97 Å². The predicted molar refractivity (Wildman–Crippen MR) is 69.0 cm³/mol. The first-order valence-corrected chi connectivity index (χ1v) is 5.69. The molecule has 1 N–H and O–H groups in total. The van der Waals surface area contributed by atoms with Crippen molar-refractivity contribution in [2.24, 2.45) is 0 Å². The van der Waals surface area contributed by atoms with E-state index in [-0.39, 0.29) is 0 Å². The number of hydrogen-bond donors (Lipinski definition) is 1. The molecule has 1 heterocycles. The van der Waals surface area contributed by atoms with Gasteiger partial charge in [-0.15, -0.1) is 0 Å². The first-order chi connectivity index (χ1) is 8.88. The lowest BCUT2D eigenvalue weighted by Crippen LogP contribution is -2.10. The van der Waals surface area contributed by atoms with Crippen molar-refractivity contribution >= 4 is 5.82 Å². The van der Waals surface area contributed by atoms with Gasteiger partial charge >= 0.3 is 0 Å². The predicted octanol–water partition coefficient (Wildman–Crippen LogP) is 1.98. The van der Waals surface area contributed by atoms with Crippen LogP contribution in [0, 0.1) is 0 Å². The largest absolute Gasteiger partial charge is 0.490 e. The molecule has 0 aliphatic rings. The van der Waals surface area contributed by atoms with E-state index in [0.717, 1.165) is 5.75 Å². The summed E-state index contributed by atoms with van der Waals surface area (Å²) in [6.07, 6.45) is 3.21. The molecule has 0 atom stereocenters. The van der Waals surface area contributed by atoms with Crippen LogP contribution in [0.3, 0.4) is 0 Å². The average Bonchev–Trinajstić information content (AvgIpc) is 2.45. The molecule has 5 nitrogen and oxygen atoms in total. The van der Waals surface area contributed by atoms with Gasteiger partial charge < -0.3 is 14.8 Å². The van der Waals surface area contributed by atoms with E-state index in [1.165, 1.54) is 0 Å². The molecule has 0 spiro atoms. The maximum absolute atomic E-state index is 5.50. The summed E-state index contributed by atoms with van der Waals surface area (Å²) in [7, 11) is 1.78. The summed E-state index contributed by atoms with van der Waals surface area (Å²) in [5, 5.41) is 2.90. The number of aromatic nitrogens is 2. The first-order valence-electron chi connectivity index (χ1n) is 5.69. The van der Waals surface area contributed by atoms with Crippen LogP contribution in [-0.2, 0) is 0 Å². The number of rotatable bonds is 6. The van der Waals surface area contributed by atoms with E-state index in [1.54, 1.807) is 19.4 Å². The van der Waals surface area contributed by atoms with E-state index in [1.807, 2.05) is 30.3 Å². The smallest absolute Gasteiger partial charge is 0.234 e. The summed E-state index contributed by atoms with van der Waals surface area (Å²) < 4.78 is 10.9. The standard InChI is InChI=1S/C13H15N3O2/c1-14-12-9-15-10-13(16-12)18-8-7-17-11-5-3-2-4-6-11/h2-6,9-10H,7-8H2,1H3,(H,14,16). The number of para-hydroxylation sites is 1. The van der Waals surface area contributed by atoms with Crippen LogP contribution in [0.2, 0.25) is 0 Å². The van der Waals surface area contributed by atoms with Crippen molar-refractivity contribution in [3.8, 4) is 11.6 Å². The van der Waals surface area contributed by atoms with E-state index in [0.29, 0.717) is 24.9 Å². The fraction of sp³-hybridized carbons (Fsp3) is 0.231. The lowest BCUT2D eigenvalue weighted by molar-refractivity contribution is 0.211.